The molecule has 0 N–H and O–H groups in total. The van der Waals surface area contributed by atoms with Crippen LogP contribution in [-0.4, -0.2) is 0 Å². The third kappa shape index (κ3) is 6.24. The molecule has 0 aliphatic heterocycles. The van der Waals surface area contributed by atoms with Gasteiger partial charge < -0.3 is 0 Å². The molecule has 0 heterocycles. The molecule has 0 amide bonds. The van der Waals surface area contributed by atoms with Crippen LogP contribution >= 0.6 is 0 Å². The molecular formula is C26H34N2. The quantitative estimate of drug-likeness (QED) is 0.372. The summed E-state index contributed by atoms with van der Waals surface area (Å²) < 4.78 is 0. The van der Waals surface area contributed by atoms with E-state index in [-0.39, 0.29) is 0 Å². The average Bonchev–Trinajstić information content (AvgIpc) is 2.76. The molecule has 2 saturated carbocycles. The summed E-state index contributed by atoms with van der Waals surface area (Å²) in [7, 11) is 0. The van der Waals surface area contributed by atoms with Gasteiger partial charge in [0.15, 0.2) is 0 Å². The van der Waals surface area contributed by atoms with E-state index in [1.165, 1.54) is 82.6 Å². The molecule has 148 valence electrons. The molecule has 0 aromatic heterocycles. The van der Waals surface area contributed by atoms with Crippen LogP contribution in [0.3, 0.4) is 0 Å². The van der Waals surface area contributed by atoms with Crippen LogP contribution in [0.4, 0.5) is 0 Å². The summed E-state index contributed by atoms with van der Waals surface area (Å²) in [5, 5.41) is 17.6. The summed E-state index contributed by atoms with van der Waals surface area (Å²) in [6.45, 7) is 0. The van der Waals surface area contributed by atoms with Crippen molar-refractivity contribution in [3.63, 3.8) is 0 Å². The number of benzene rings is 1. The van der Waals surface area contributed by atoms with Gasteiger partial charge in [-0.1, -0.05) is 43.9 Å². The molecule has 0 atom stereocenters. The Morgan fingerprint density at radius 1 is 0.786 bits per heavy atom. The zero-order chi connectivity index (χ0) is 19.6. The first-order valence-electron chi connectivity index (χ1n) is 11.3. The van der Waals surface area contributed by atoms with Gasteiger partial charge in [-0.05, 0) is 92.7 Å². The monoisotopic (exact) mass is 374 g/mol. The van der Waals surface area contributed by atoms with Crippen molar-refractivity contribution in [2.75, 3.05) is 0 Å². The molecule has 2 aliphatic carbocycles. The van der Waals surface area contributed by atoms with Crippen LogP contribution in [0, 0.1) is 40.4 Å². The molecule has 0 saturated heterocycles. The van der Waals surface area contributed by atoms with Gasteiger partial charge in [0.2, 0.25) is 0 Å². The van der Waals surface area contributed by atoms with Crippen LogP contribution in [0.1, 0.15) is 94.1 Å². The second-order valence-corrected chi connectivity index (χ2v) is 9.00. The Hall–Kier alpha value is -2.06. The van der Waals surface area contributed by atoms with E-state index in [1.807, 2.05) is 12.1 Å². The number of hydrogen-bond donors (Lipinski definition) is 0. The lowest BCUT2D eigenvalue weighted by molar-refractivity contribution is 0.273. The number of allylic oxidation sites excluding steroid dienone is 2. The molecule has 0 bridgehead atoms. The molecular weight excluding hydrogens is 340 g/mol. The number of hydrogen-bond acceptors (Lipinski definition) is 2. The number of nitriles is 2. The largest absolute Gasteiger partial charge is 0.193 e. The number of unbranched alkanes of at least 4 members (excludes halogenated alkanes) is 1. The second-order valence-electron chi connectivity index (χ2n) is 9.00. The van der Waals surface area contributed by atoms with Crippen LogP contribution in [0.25, 0.3) is 0 Å². The second kappa shape index (κ2) is 11.1. The highest BCUT2D eigenvalue weighted by atomic mass is 14.3. The maximum Gasteiger partial charge on any atom is 0.0991 e. The van der Waals surface area contributed by atoms with Gasteiger partial charge in [-0.3, -0.25) is 0 Å². The molecule has 0 radical (unpaired) electrons. The average molecular weight is 375 g/mol. The van der Waals surface area contributed by atoms with E-state index in [0.717, 1.165) is 17.4 Å². The van der Waals surface area contributed by atoms with Crippen molar-refractivity contribution in [2.24, 2.45) is 17.8 Å². The predicted octanol–water partition coefficient (Wildman–Crippen LogP) is 7.28. The van der Waals surface area contributed by atoms with E-state index in [2.05, 4.69) is 30.3 Å². The molecule has 2 aliphatic rings. The highest BCUT2D eigenvalue weighted by Crippen LogP contribution is 2.38. The summed E-state index contributed by atoms with van der Waals surface area (Å²) in [6, 6.07) is 12.6. The van der Waals surface area contributed by atoms with Gasteiger partial charge in [0, 0.05) is 6.08 Å². The van der Waals surface area contributed by atoms with Crippen molar-refractivity contribution >= 4 is 0 Å². The fourth-order valence-corrected chi connectivity index (χ4v) is 5.33. The fraction of sp³-hybridized carbons (Fsp3) is 0.615. The maximum absolute atomic E-state index is 8.94. The van der Waals surface area contributed by atoms with Gasteiger partial charge >= 0.3 is 0 Å². The first-order valence-corrected chi connectivity index (χ1v) is 11.3. The number of rotatable bonds is 7. The highest BCUT2D eigenvalue weighted by Gasteiger charge is 2.23. The normalized spacial score (nSPS) is 27.9. The summed E-state index contributed by atoms with van der Waals surface area (Å²) >= 11 is 0. The van der Waals surface area contributed by atoms with Crippen molar-refractivity contribution in [2.45, 2.75) is 83.0 Å². The van der Waals surface area contributed by atoms with Crippen molar-refractivity contribution in [3.05, 3.63) is 47.5 Å². The lowest BCUT2D eigenvalue weighted by Gasteiger charge is -2.29. The van der Waals surface area contributed by atoms with Crippen LogP contribution < -0.4 is 0 Å². The minimum Gasteiger partial charge on any atom is -0.193 e. The summed E-state index contributed by atoms with van der Waals surface area (Å²) in [5.41, 5.74) is 2.20. The van der Waals surface area contributed by atoms with Gasteiger partial charge in [-0.25, -0.2) is 0 Å². The lowest BCUT2D eigenvalue weighted by atomic mass is 9.76. The molecule has 3 rings (SSSR count). The van der Waals surface area contributed by atoms with E-state index < -0.39 is 0 Å². The smallest absolute Gasteiger partial charge is 0.0991 e. The van der Waals surface area contributed by atoms with E-state index >= 15 is 0 Å². The fourth-order valence-electron chi connectivity index (χ4n) is 5.33. The van der Waals surface area contributed by atoms with Gasteiger partial charge in [-0.2, -0.15) is 10.5 Å². The Bertz CT molecular complexity index is 687. The molecule has 2 nitrogen and oxygen atoms in total. The predicted molar refractivity (Wildman–Crippen MR) is 115 cm³/mol. The van der Waals surface area contributed by atoms with Crippen LogP contribution in [0.2, 0.25) is 0 Å². The Morgan fingerprint density at radius 3 is 1.89 bits per heavy atom. The third-order valence-electron chi connectivity index (χ3n) is 7.17. The van der Waals surface area contributed by atoms with Gasteiger partial charge in [0.25, 0.3) is 0 Å². The van der Waals surface area contributed by atoms with Gasteiger partial charge in [-0.15, -0.1) is 0 Å². The maximum atomic E-state index is 8.94. The first-order chi connectivity index (χ1) is 13.8. The lowest BCUT2D eigenvalue weighted by Crippen LogP contribution is -2.14. The Labute approximate surface area is 171 Å². The summed E-state index contributed by atoms with van der Waals surface area (Å²) in [6.07, 6.45) is 20.1. The van der Waals surface area contributed by atoms with E-state index in [0.29, 0.717) is 11.8 Å². The zero-order valence-electron chi connectivity index (χ0n) is 17.2. The zero-order valence-corrected chi connectivity index (χ0v) is 17.2. The first kappa shape index (κ1) is 20.7. The Balaban J connectivity index is 1.27. The summed E-state index contributed by atoms with van der Waals surface area (Å²) in [5.74, 6) is 3.22. The molecule has 0 unspecified atom stereocenters. The van der Waals surface area contributed by atoms with E-state index in [1.54, 1.807) is 6.08 Å². The van der Waals surface area contributed by atoms with Gasteiger partial charge in [0.1, 0.15) is 0 Å². The van der Waals surface area contributed by atoms with E-state index in [4.69, 9.17) is 10.5 Å². The third-order valence-corrected chi connectivity index (χ3v) is 7.17. The minimum atomic E-state index is 0.655. The van der Waals surface area contributed by atoms with Crippen LogP contribution in [-0.2, 0) is 0 Å². The van der Waals surface area contributed by atoms with Crippen molar-refractivity contribution < 1.29 is 0 Å². The van der Waals surface area contributed by atoms with Gasteiger partial charge in [0.05, 0.1) is 17.7 Å². The summed E-state index contributed by atoms with van der Waals surface area (Å²) in [4.78, 5) is 0. The van der Waals surface area contributed by atoms with Crippen molar-refractivity contribution in [1.82, 2.24) is 0 Å². The molecule has 28 heavy (non-hydrogen) atoms. The number of nitrogens with zero attached hydrogens (tertiary/aromatic N) is 2. The Kier molecular flexibility index (Phi) is 8.17. The molecule has 0 spiro atoms. The van der Waals surface area contributed by atoms with Crippen molar-refractivity contribution in [3.8, 4) is 12.1 Å². The van der Waals surface area contributed by atoms with Crippen LogP contribution in [0.5, 0.6) is 0 Å². The van der Waals surface area contributed by atoms with Crippen LogP contribution in [0.15, 0.2) is 36.4 Å². The van der Waals surface area contributed by atoms with E-state index in [9.17, 15) is 0 Å². The Morgan fingerprint density at radius 2 is 1.36 bits per heavy atom. The van der Waals surface area contributed by atoms with Crippen molar-refractivity contribution in [1.29, 1.82) is 10.5 Å². The molecule has 2 heteroatoms. The highest BCUT2D eigenvalue weighted by molar-refractivity contribution is 5.33. The molecule has 1 aromatic rings. The standard InChI is InChI=1S/C26H34N2/c27-19-3-6-23-9-7-21(8-10-23)4-1-2-5-22-11-15-25(16-12-22)26-17-13-24(20-28)14-18-26/h3,6,13-14,17-18,21-23,25H,1-2,4-5,7-12,15-16H2. The molecule has 1 aromatic carbocycles. The molecule has 2 fully saturated rings. The topological polar surface area (TPSA) is 47.6 Å². The SMILES string of the molecule is N#CC=CC1CCC(CCCCC2CCC(c3ccc(C#N)cc3)CC2)CC1. The minimum absolute atomic E-state index is 0.655.